The van der Waals surface area contributed by atoms with Crippen molar-refractivity contribution >= 4 is 41.1 Å². The number of halogens is 2. The first-order chi connectivity index (χ1) is 14.4. The van der Waals surface area contributed by atoms with Crippen molar-refractivity contribution in [2.75, 3.05) is 39.3 Å². The number of piperidine rings is 1. The van der Waals surface area contributed by atoms with Crippen LogP contribution in [0.1, 0.15) is 44.6 Å². The van der Waals surface area contributed by atoms with Gasteiger partial charge in [-0.15, -0.1) is 0 Å². The summed E-state index contributed by atoms with van der Waals surface area (Å²) in [5.74, 6) is 0.0563. The molecular formula is C23H31Cl2N3O2. The lowest BCUT2D eigenvalue weighted by atomic mass is 10.1. The first-order valence-corrected chi connectivity index (χ1v) is 11.6. The quantitative estimate of drug-likeness (QED) is 0.604. The smallest absolute Gasteiger partial charge is 0.246 e. The Balaban J connectivity index is 1.52. The third-order valence-corrected chi connectivity index (χ3v) is 6.67. The molecule has 7 heteroatoms. The van der Waals surface area contributed by atoms with E-state index in [9.17, 15) is 9.59 Å². The van der Waals surface area contributed by atoms with Crippen LogP contribution in [-0.2, 0) is 9.59 Å². The SMILES string of the molecule is CC1CN(C(=O)C=Cc2ccc(Cl)c(Cl)c2)CCC(=O)N1CCCN1CCCCC1. The molecular weight excluding hydrogens is 421 g/mol. The highest BCUT2D eigenvalue weighted by molar-refractivity contribution is 6.42. The number of hydrogen-bond donors (Lipinski definition) is 0. The van der Waals surface area contributed by atoms with Gasteiger partial charge < -0.3 is 14.7 Å². The largest absolute Gasteiger partial charge is 0.338 e. The molecule has 1 aromatic rings. The summed E-state index contributed by atoms with van der Waals surface area (Å²) in [4.78, 5) is 31.6. The number of rotatable bonds is 6. The van der Waals surface area contributed by atoms with Gasteiger partial charge in [0.15, 0.2) is 0 Å². The maximum Gasteiger partial charge on any atom is 0.246 e. The van der Waals surface area contributed by atoms with E-state index in [1.807, 2.05) is 17.9 Å². The standard InChI is InChI=1S/C23H31Cl2N3O2/c1-18-17-27(22(29)9-7-19-6-8-20(24)21(25)16-19)15-10-23(30)28(18)14-5-13-26-11-3-2-4-12-26/h6-9,16,18H,2-5,10-15,17H2,1H3. The topological polar surface area (TPSA) is 43.9 Å². The van der Waals surface area contributed by atoms with Gasteiger partial charge in [0.2, 0.25) is 11.8 Å². The summed E-state index contributed by atoms with van der Waals surface area (Å²) in [6, 6.07) is 5.27. The Morgan fingerprint density at radius 3 is 2.60 bits per heavy atom. The molecule has 1 atom stereocenters. The van der Waals surface area contributed by atoms with Gasteiger partial charge in [0.1, 0.15) is 0 Å². The highest BCUT2D eigenvalue weighted by atomic mass is 35.5. The van der Waals surface area contributed by atoms with Crippen molar-refractivity contribution < 1.29 is 9.59 Å². The molecule has 2 saturated heterocycles. The van der Waals surface area contributed by atoms with E-state index in [4.69, 9.17) is 23.2 Å². The Kier molecular flexibility index (Phi) is 8.61. The Bertz CT molecular complexity index is 778. The van der Waals surface area contributed by atoms with Gasteiger partial charge in [-0.2, -0.15) is 0 Å². The molecule has 30 heavy (non-hydrogen) atoms. The van der Waals surface area contributed by atoms with Crippen molar-refractivity contribution in [3.05, 3.63) is 39.9 Å². The zero-order valence-electron chi connectivity index (χ0n) is 17.7. The minimum atomic E-state index is -0.0871. The Morgan fingerprint density at radius 1 is 1.10 bits per heavy atom. The minimum absolute atomic E-state index is 0.0173. The molecule has 2 heterocycles. The number of hydrogen-bond acceptors (Lipinski definition) is 3. The van der Waals surface area contributed by atoms with Crippen molar-refractivity contribution in [3.8, 4) is 0 Å². The third kappa shape index (κ3) is 6.47. The lowest BCUT2D eigenvalue weighted by Gasteiger charge is -2.31. The average Bonchev–Trinajstić information content (AvgIpc) is 2.88. The van der Waals surface area contributed by atoms with E-state index in [1.54, 1.807) is 29.2 Å². The van der Waals surface area contributed by atoms with Gasteiger partial charge in [-0.25, -0.2) is 0 Å². The predicted molar refractivity (Wildman–Crippen MR) is 123 cm³/mol. The Morgan fingerprint density at radius 2 is 1.87 bits per heavy atom. The Labute approximate surface area is 189 Å². The van der Waals surface area contributed by atoms with Crippen LogP contribution in [0.2, 0.25) is 10.0 Å². The van der Waals surface area contributed by atoms with E-state index < -0.39 is 0 Å². The molecule has 164 valence electrons. The summed E-state index contributed by atoms with van der Waals surface area (Å²) in [7, 11) is 0. The maximum atomic E-state index is 12.7. The number of carbonyl (C=O) groups excluding carboxylic acids is 2. The summed E-state index contributed by atoms with van der Waals surface area (Å²) in [5.41, 5.74) is 0.816. The zero-order chi connectivity index (χ0) is 21.5. The summed E-state index contributed by atoms with van der Waals surface area (Å²) < 4.78 is 0. The molecule has 0 saturated carbocycles. The Hall–Kier alpha value is -1.56. The maximum absolute atomic E-state index is 12.7. The molecule has 2 aliphatic rings. The van der Waals surface area contributed by atoms with Crippen LogP contribution >= 0.6 is 23.2 Å². The van der Waals surface area contributed by atoms with Gasteiger partial charge >= 0.3 is 0 Å². The second-order valence-electron chi connectivity index (χ2n) is 8.23. The van der Waals surface area contributed by atoms with E-state index in [0.717, 1.165) is 25.1 Å². The number of likely N-dealkylation sites (tertiary alicyclic amines) is 1. The highest BCUT2D eigenvalue weighted by Gasteiger charge is 2.28. The third-order valence-electron chi connectivity index (χ3n) is 5.93. The van der Waals surface area contributed by atoms with Crippen LogP contribution in [0.3, 0.4) is 0 Å². The molecule has 2 aliphatic heterocycles. The van der Waals surface area contributed by atoms with Crippen LogP contribution in [-0.4, -0.2) is 71.8 Å². The number of benzene rings is 1. The summed E-state index contributed by atoms with van der Waals surface area (Å²) >= 11 is 12.0. The molecule has 1 aromatic carbocycles. The van der Waals surface area contributed by atoms with Crippen LogP contribution in [0, 0.1) is 0 Å². The van der Waals surface area contributed by atoms with Crippen LogP contribution in [0.4, 0.5) is 0 Å². The van der Waals surface area contributed by atoms with E-state index in [-0.39, 0.29) is 17.9 Å². The first-order valence-electron chi connectivity index (χ1n) is 10.9. The van der Waals surface area contributed by atoms with E-state index in [0.29, 0.717) is 29.6 Å². The molecule has 1 unspecified atom stereocenters. The number of carbonyl (C=O) groups is 2. The zero-order valence-corrected chi connectivity index (χ0v) is 19.2. The average molecular weight is 452 g/mol. The molecule has 5 nitrogen and oxygen atoms in total. The molecule has 0 radical (unpaired) electrons. The molecule has 2 amide bonds. The number of nitrogens with zero attached hydrogens (tertiary/aromatic N) is 3. The van der Waals surface area contributed by atoms with Crippen molar-refractivity contribution in [3.63, 3.8) is 0 Å². The van der Waals surface area contributed by atoms with E-state index in [1.165, 1.54) is 32.4 Å². The molecule has 0 spiro atoms. The van der Waals surface area contributed by atoms with Gasteiger partial charge in [-0.3, -0.25) is 9.59 Å². The highest BCUT2D eigenvalue weighted by Crippen LogP contribution is 2.23. The fourth-order valence-corrected chi connectivity index (χ4v) is 4.52. The normalized spacial score (nSPS) is 21.3. The fourth-order valence-electron chi connectivity index (χ4n) is 4.21. The van der Waals surface area contributed by atoms with E-state index in [2.05, 4.69) is 4.90 Å². The van der Waals surface area contributed by atoms with E-state index >= 15 is 0 Å². The van der Waals surface area contributed by atoms with Gasteiger partial charge in [0.05, 0.1) is 10.0 Å². The van der Waals surface area contributed by atoms with Gasteiger partial charge in [0, 0.05) is 38.2 Å². The minimum Gasteiger partial charge on any atom is -0.338 e. The van der Waals surface area contributed by atoms with Crippen LogP contribution in [0.25, 0.3) is 6.08 Å². The summed E-state index contributed by atoms with van der Waals surface area (Å²) in [6.45, 7) is 7.21. The van der Waals surface area contributed by atoms with Crippen LogP contribution in [0.15, 0.2) is 24.3 Å². The van der Waals surface area contributed by atoms with Crippen molar-refractivity contribution in [1.29, 1.82) is 0 Å². The van der Waals surface area contributed by atoms with Crippen molar-refractivity contribution in [2.24, 2.45) is 0 Å². The molecule has 0 aromatic heterocycles. The van der Waals surface area contributed by atoms with Crippen molar-refractivity contribution in [2.45, 2.75) is 45.1 Å². The molecule has 0 N–H and O–H groups in total. The van der Waals surface area contributed by atoms with Crippen molar-refractivity contribution in [1.82, 2.24) is 14.7 Å². The van der Waals surface area contributed by atoms with Gasteiger partial charge in [-0.1, -0.05) is 35.7 Å². The lowest BCUT2D eigenvalue weighted by molar-refractivity contribution is -0.132. The second-order valence-corrected chi connectivity index (χ2v) is 9.05. The first kappa shape index (κ1) is 23.1. The second kappa shape index (κ2) is 11.2. The molecule has 0 bridgehead atoms. The van der Waals surface area contributed by atoms with Crippen LogP contribution in [0.5, 0.6) is 0 Å². The van der Waals surface area contributed by atoms with Gasteiger partial charge in [-0.05, 0) is 69.6 Å². The van der Waals surface area contributed by atoms with Gasteiger partial charge in [0.25, 0.3) is 0 Å². The molecule has 3 rings (SSSR count). The monoisotopic (exact) mass is 451 g/mol. The fraction of sp³-hybridized carbons (Fsp3) is 0.565. The summed E-state index contributed by atoms with van der Waals surface area (Å²) in [6.07, 6.45) is 8.54. The predicted octanol–water partition coefficient (Wildman–Crippen LogP) is 4.33. The molecule has 0 aliphatic carbocycles. The molecule has 2 fully saturated rings. The van der Waals surface area contributed by atoms with Crippen LogP contribution < -0.4 is 0 Å². The lowest BCUT2D eigenvalue weighted by Crippen LogP contribution is -2.43. The summed E-state index contributed by atoms with van der Waals surface area (Å²) in [5, 5.41) is 0.945. The number of amides is 2.